The summed E-state index contributed by atoms with van der Waals surface area (Å²) in [5.41, 5.74) is 1.86. The summed E-state index contributed by atoms with van der Waals surface area (Å²) in [6.07, 6.45) is 1.30. The molecule has 3 aromatic rings. The molecule has 0 bridgehead atoms. The molecule has 1 amide bonds. The Bertz CT molecular complexity index is 1210. The second-order valence-corrected chi connectivity index (χ2v) is 8.10. The van der Waals surface area contributed by atoms with Crippen LogP contribution < -0.4 is 5.32 Å². The predicted octanol–water partition coefficient (Wildman–Crippen LogP) is 5.58. The molecule has 0 fully saturated rings. The molecule has 1 aliphatic rings. The first-order valence-electron chi connectivity index (χ1n) is 9.26. The van der Waals surface area contributed by atoms with Gasteiger partial charge < -0.3 is 0 Å². The van der Waals surface area contributed by atoms with E-state index in [4.69, 9.17) is 11.6 Å². The first-order chi connectivity index (χ1) is 15.3. The van der Waals surface area contributed by atoms with Crippen LogP contribution in [0.25, 0.3) is 17.3 Å². The van der Waals surface area contributed by atoms with Crippen molar-refractivity contribution < 1.29 is 18.0 Å². The Morgan fingerprint density at radius 1 is 1.12 bits per heavy atom. The molecule has 0 atom stereocenters. The number of benzene rings is 1. The Kier molecular flexibility index (Phi) is 6.29. The van der Waals surface area contributed by atoms with Gasteiger partial charge in [0.05, 0.1) is 16.3 Å². The van der Waals surface area contributed by atoms with Gasteiger partial charge >= 0.3 is 6.18 Å². The van der Waals surface area contributed by atoms with Crippen molar-refractivity contribution in [2.24, 2.45) is 4.99 Å². The highest BCUT2D eigenvalue weighted by Gasteiger charge is 2.31. The van der Waals surface area contributed by atoms with Gasteiger partial charge in [0.15, 0.2) is 5.17 Å². The number of carbonyl (C=O) groups excluding carboxylic acids is 1. The van der Waals surface area contributed by atoms with Crippen molar-refractivity contribution in [1.29, 1.82) is 0 Å². The Morgan fingerprint density at radius 3 is 2.56 bits per heavy atom. The molecule has 162 valence electrons. The summed E-state index contributed by atoms with van der Waals surface area (Å²) in [7, 11) is 0. The molecule has 1 N–H and O–H groups in total. The standard InChI is InChI=1S/C22H14ClF3N4OS/c23-17-9-16(22(24,25)26)11-28-19(17)15-5-3-13(4-6-15)8-18-20(31)30-21(29-18)32-12-14-2-1-7-27-10-14/h1-11H,12H2,(H,29,30,31). The van der Waals surface area contributed by atoms with Crippen molar-refractivity contribution in [3.05, 3.63) is 88.5 Å². The molecule has 3 heterocycles. The number of alkyl halides is 3. The van der Waals surface area contributed by atoms with E-state index in [1.54, 1.807) is 42.7 Å². The van der Waals surface area contributed by atoms with Crippen LogP contribution in [-0.4, -0.2) is 21.0 Å². The van der Waals surface area contributed by atoms with Crippen LogP contribution in [0.4, 0.5) is 13.2 Å². The predicted molar refractivity (Wildman–Crippen MR) is 119 cm³/mol. The number of pyridine rings is 2. The van der Waals surface area contributed by atoms with Gasteiger partial charge in [0.25, 0.3) is 5.91 Å². The summed E-state index contributed by atoms with van der Waals surface area (Å²) < 4.78 is 38.4. The largest absolute Gasteiger partial charge is 0.417 e. The average Bonchev–Trinajstić information content (AvgIpc) is 3.12. The third-order valence-corrected chi connectivity index (χ3v) is 5.66. The van der Waals surface area contributed by atoms with Gasteiger partial charge in [-0.2, -0.15) is 13.2 Å². The lowest BCUT2D eigenvalue weighted by Crippen LogP contribution is -2.21. The molecular formula is C22H14ClF3N4OS. The first kappa shape index (κ1) is 22.0. The monoisotopic (exact) mass is 474 g/mol. The van der Waals surface area contributed by atoms with Crippen LogP contribution >= 0.6 is 23.4 Å². The summed E-state index contributed by atoms with van der Waals surface area (Å²) in [4.78, 5) is 24.4. The number of hydrogen-bond acceptors (Lipinski definition) is 5. The topological polar surface area (TPSA) is 67.2 Å². The van der Waals surface area contributed by atoms with E-state index >= 15 is 0 Å². The maximum Gasteiger partial charge on any atom is 0.417 e. The van der Waals surface area contributed by atoms with E-state index in [-0.39, 0.29) is 22.3 Å². The Labute approximate surface area is 190 Å². The third-order valence-electron chi connectivity index (χ3n) is 4.43. The molecule has 4 rings (SSSR count). The quantitative estimate of drug-likeness (QED) is 0.501. The highest BCUT2D eigenvalue weighted by Crippen LogP contribution is 2.34. The third kappa shape index (κ3) is 5.17. The Hall–Kier alpha value is -3.17. The number of aromatic nitrogens is 2. The van der Waals surface area contributed by atoms with E-state index in [1.165, 1.54) is 11.8 Å². The molecule has 0 saturated heterocycles. The smallest absolute Gasteiger partial charge is 0.300 e. The fourth-order valence-corrected chi connectivity index (χ4v) is 3.93. The minimum absolute atomic E-state index is 0.0963. The zero-order chi connectivity index (χ0) is 22.7. The van der Waals surface area contributed by atoms with E-state index in [1.807, 2.05) is 12.1 Å². The van der Waals surface area contributed by atoms with Crippen LogP contribution in [0.1, 0.15) is 16.7 Å². The van der Waals surface area contributed by atoms with Crippen molar-refractivity contribution in [1.82, 2.24) is 15.3 Å². The van der Waals surface area contributed by atoms with Gasteiger partial charge in [-0.25, -0.2) is 4.99 Å². The van der Waals surface area contributed by atoms with Gasteiger partial charge in [-0.05, 0) is 29.3 Å². The van der Waals surface area contributed by atoms with Crippen LogP contribution in [0.2, 0.25) is 5.02 Å². The minimum Gasteiger partial charge on any atom is -0.300 e. The fraction of sp³-hybridized carbons (Fsp3) is 0.0909. The molecule has 0 radical (unpaired) electrons. The van der Waals surface area contributed by atoms with Gasteiger partial charge in [-0.15, -0.1) is 0 Å². The van der Waals surface area contributed by atoms with E-state index < -0.39 is 11.7 Å². The summed E-state index contributed by atoms with van der Waals surface area (Å²) >= 11 is 7.40. The lowest BCUT2D eigenvalue weighted by Gasteiger charge is -2.09. The van der Waals surface area contributed by atoms with Crippen molar-refractivity contribution in [2.45, 2.75) is 11.9 Å². The molecule has 10 heteroatoms. The molecule has 1 aliphatic heterocycles. The summed E-state index contributed by atoms with van der Waals surface area (Å²) in [5.74, 6) is 0.311. The number of hydrogen-bond donors (Lipinski definition) is 1. The van der Waals surface area contributed by atoms with Crippen molar-refractivity contribution in [2.75, 3.05) is 0 Å². The van der Waals surface area contributed by atoms with Crippen LogP contribution in [0.15, 0.2) is 71.7 Å². The Balaban J connectivity index is 1.48. The van der Waals surface area contributed by atoms with Crippen molar-refractivity contribution >= 4 is 40.5 Å². The molecule has 5 nitrogen and oxygen atoms in total. The molecule has 0 aliphatic carbocycles. The van der Waals surface area contributed by atoms with E-state index in [0.29, 0.717) is 22.0 Å². The van der Waals surface area contributed by atoms with Crippen LogP contribution in [0, 0.1) is 0 Å². The normalized spacial score (nSPS) is 15.1. The van der Waals surface area contributed by atoms with E-state index in [9.17, 15) is 18.0 Å². The van der Waals surface area contributed by atoms with Crippen molar-refractivity contribution in [3.8, 4) is 11.3 Å². The van der Waals surface area contributed by atoms with Gasteiger partial charge in [-0.3, -0.25) is 20.1 Å². The summed E-state index contributed by atoms with van der Waals surface area (Å²) in [5, 5.41) is 3.13. The van der Waals surface area contributed by atoms with Crippen LogP contribution in [0.5, 0.6) is 0 Å². The number of thioether (sulfide) groups is 1. The second-order valence-electron chi connectivity index (χ2n) is 6.72. The highest BCUT2D eigenvalue weighted by molar-refractivity contribution is 8.13. The van der Waals surface area contributed by atoms with Gasteiger partial charge in [0, 0.05) is 29.9 Å². The number of nitrogens with zero attached hydrogens (tertiary/aromatic N) is 3. The minimum atomic E-state index is -4.51. The van der Waals surface area contributed by atoms with Crippen LogP contribution in [0.3, 0.4) is 0 Å². The number of carbonyl (C=O) groups is 1. The number of amides is 1. The van der Waals surface area contributed by atoms with Gasteiger partial charge in [-0.1, -0.05) is 53.7 Å². The zero-order valence-corrected chi connectivity index (χ0v) is 17.8. The molecule has 0 unspecified atom stereocenters. The summed E-state index contributed by atoms with van der Waals surface area (Å²) in [6.45, 7) is 0. The van der Waals surface area contributed by atoms with Crippen LogP contribution in [-0.2, 0) is 16.7 Å². The average molecular weight is 475 g/mol. The molecule has 0 saturated carbocycles. The lowest BCUT2D eigenvalue weighted by atomic mass is 10.1. The molecule has 1 aromatic carbocycles. The van der Waals surface area contributed by atoms with Crippen molar-refractivity contribution in [3.63, 3.8) is 0 Å². The van der Waals surface area contributed by atoms with Gasteiger partial charge in [0.1, 0.15) is 5.70 Å². The Morgan fingerprint density at radius 2 is 1.91 bits per heavy atom. The number of rotatable bonds is 4. The van der Waals surface area contributed by atoms with E-state index in [2.05, 4.69) is 20.3 Å². The fourth-order valence-electron chi connectivity index (χ4n) is 2.85. The molecule has 32 heavy (non-hydrogen) atoms. The SMILES string of the molecule is O=C1NC(SCc2cccnc2)=NC1=Cc1ccc(-c2ncc(C(F)(F)F)cc2Cl)cc1. The summed E-state index contributed by atoms with van der Waals surface area (Å²) in [6, 6.07) is 11.4. The number of amidine groups is 1. The molecular weight excluding hydrogens is 461 g/mol. The molecule has 0 spiro atoms. The highest BCUT2D eigenvalue weighted by atomic mass is 35.5. The number of nitrogens with one attached hydrogen (secondary N) is 1. The lowest BCUT2D eigenvalue weighted by molar-refractivity contribution is -0.137. The maximum atomic E-state index is 12.8. The molecule has 2 aromatic heterocycles. The first-order valence-corrected chi connectivity index (χ1v) is 10.6. The maximum absolute atomic E-state index is 12.8. The second kappa shape index (κ2) is 9.13. The number of halogens is 4. The van der Waals surface area contributed by atoms with Gasteiger partial charge in [0.2, 0.25) is 0 Å². The zero-order valence-electron chi connectivity index (χ0n) is 16.2. The number of aliphatic imine (C=N–C) groups is 1. The van der Waals surface area contributed by atoms with E-state index in [0.717, 1.165) is 17.8 Å².